The molecule has 0 atom stereocenters. The van der Waals surface area contributed by atoms with Crippen LogP contribution in [-0.4, -0.2) is 22.4 Å². The lowest BCUT2D eigenvalue weighted by Crippen LogP contribution is -2.13. The molecule has 0 unspecified atom stereocenters. The van der Waals surface area contributed by atoms with Crippen LogP contribution >= 0.6 is 15.9 Å². The van der Waals surface area contributed by atoms with E-state index in [1.54, 1.807) is 13.8 Å². The number of hydrogen-bond acceptors (Lipinski definition) is 3. The number of aryl methyl sites for hydroxylation is 1. The van der Waals surface area contributed by atoms with Gasteiger partial charge in [-0.15, -0.1) is 0 Å². The number of ether oxygens (including phenoxy) is 1. The van der Waals surface area contributed by atoms with Crippen molar-refractivity contribution in [2.24, 2.45) is 0 Å². The molecule has 0 bridgehead atoms. The van der Waals surface area contributed by atoms with Crippen molar-refractivity contribution < 1.29 is 18.3 Å². The Morgan fingerprint density at radius 2 is 2.15 bits per heavy atom. The van der Waals surface area contributed by atoms with Crippen LogP contribution in [-0.2, 0) is 4.74 Å². The summed E-state index contributed by atoms with van der Waals surface area (Å²) in [5.41, 5.74) is 0.537. The molecule has 0 amide bonds. The van der Waals surface area contributed by atoms with Crippen LogP contribution in [0.1, 0.15) is 23.1 Å². The fourth-order valence-corrected chi connectivity index (χ4v) is 2.12. The van der Waals surface area contributed by atoms with Gasteiger partial charge in [-0.2, -0.15) is 5.10 Å². The molecule has 0 aliphatic heterocycles. The van der Waals surface area contributed by atoms with Crippen LogP contribution in [0.25, 0.3) is 5.69 Å². The summed E-state index contributed by atoms with van der Waals surface area (Å²) in [5.74, 6) is -2.15. The maximum absolute atomic E-state index is 13.8. The highest BCUT2D eigenvalue weighted by Gasteiger charge is 2.23. The minimum atomic E-state index is -0.814. The fourth-order valence-electron chi connectivity index (χ4n) is 1.71. The molecule has 0 fully saturated rings. The van der Waals surface area contributed by atoms with E-state index >= 15 is 0 Å². The highest BCUT2D eigenvalue weighted by molar-refractivity contribution is 9.10. The number of rotatable bonds is 3. The number of hydrogen-bond donors (Lipinski definition) is 0. The molecule has 0 N–H and O–H groups in total. The summed E-state index contributed by atoms with van der Waals surface area (Å²) in [4.78, 5) is 11.9. The van der Waals surface area contributed by atoms with Gasteiger partial charge in [-0.25, -0.2) is 18.3 Å². The molecule has 1 aromatic heterocycles. The van der Waals surface area contributed by atoms with E-state index in [2.05, 4.69) is 21.0 Å². The van der Waals surface area contributed by atoms with Gasteiger partial charge in [0.15, 0.2) is 11.5 Å². The van der Waals surface area contributed by atoms with Crippen LogP contribution in [0.15, 0.2) is 22.7 Å². The standard InChI is InChI=1S/C13H11BrF2N2O2/c1-3-20-13(19)12-11(14)7(2)17-18(12)10-5-4-8(15)6-9(10)16/h4-6H,3H2,1-2H3. The summed E-state index contributed by atoms with van der Waals surface area (Å²) < 4.78 is 33.2. The third-order valence-electron chi connectivity index (χ3n) is 2.59. The second kappa shape index (κ2) is 5.70. The lowest BCUT2D eigenvalue weighted by Gasteiger charge is -2.08. The number of halogens is 3. The molecule has 2 rings (SSSR count). The van der Waals surface area contributed by atoms with Crippen molar-refractivity contribution >= 4 is 21.9 Å². The van der Waals surface area contributed by atoms with Gasteiger partial charge in [0.1, 0.15) is 11.5 Å². The van der Waals surface area contributed by atoms with Gasteiger partial charge < -0.3 is 4.74 Å². The summed E-state index contributed by atoms with van der Waals surface area (Å²) in [6.07, 6.45) is 0. The molecule has 1 aromatic carbocycles. The Kier molecular flexibility index (Phi) is 4.17. The van der Waals surface area contributed by atoms with Crippen LogP contribution in [0.5, 0.6) is 0 Å². The molecule has 20 heavy (non-hydrogen) atoms. The Morgan fingerprint density at radius 1 is 1.45 bits per heavy atom. The van der Waals surface area contributed by atoms with Gasteiger partial charge in [0.25, 0.3) is 0 Å². The van der Waals surface area contributed by atoms with Crippen LogP contribution in [0.3, 0.4) is 0 Å². The Hall–Kier alpha value is -1.76. The summed E-state index contributed by atoms with van der Waals surface area (Å²) in [6.45, 7) is 3.50. The predicted octanol–water partition coefficient (Wildman–Crippen LogP) is 3.40. The average Bonchev–Trinajstić information content (AvgIpc) is 2.66. The first-order valence-electron chi connectivity index (χ1n) is 5.83. The topological polar surface area (TPSA) is 44.1 Å². The van der Waals surface area contributed by atoms with Crippen LogP contribution in [0, 0.1) is 18.6 Å². The summed E-state index contributed by atoms with van der Waals surface area (Å²) >= 11 is 3.23. The summed E-state index contributed by atoms with van der Waals surface area (Å²) in [6, 6.07) is 3.04. The molecule has 1 heterocycles. The Morgan fingerprint density at radius 3 is 2.75 bits per heavy atom. The summed E-state index contributed by atoms with van der Waals surface area (Å²) in [7, 11) is 0. The minimum Gasteiger partial charge on any atom is -0.461 e. The van der Waals surface area contributed by atoms with E-state index in [4.69, 9.17) is 4.74 Å². The first kappa shape index (κ1) is 14.6. The van der Waals surface area contributed by atoms with Crippen molar-refractivity contribution in [2.75, 3.05) is 6.61 Å². The van der Waals surface area contributed by atoms with Crippen molar-refractivity contribution in [3.8, 4) is 5.69 Å². The van der Waals surface area contributed by atoms with Crippen molar-refractivity contribution in [1.82, 2.24) is 9.78 Å². The Balaban J connectivity index is 2.62. The molecule has 0 aliphatic rings. The maximum Gasteiger partial charge on any atom is 0.358 e. The first-order valence-corrected chi connectivity index (χ1v) is 6.62. The van der Waals surface area contributed by atoms with Gasteiger partial charge in [-0.3, -0.25) is 0 Å². The van der Waals surface area contributed by atoms with E-state index in [0.717, 1.165) is 16.8 Å². The Labute approximate surface area is 122 Å². The molecule has 4 nitrogen and oxygen atoms in total. The highest BCUT2D eigenvalue weighted by Crippen LogP contribution is 2.26. The SMILES string of the molecule is CCOC(=O)c1c(Br)c(C)nn1-c1ccc(F)cc1F. The first-order chi connectivity index (χ1) is 9.45. The van der Waals surface area contributed by atoms with Gasteiger partial charge in [0, 0.05) is 6.07 Å². The van der Waals surface area contributed by atoms with E-state index in [-0.39, 0.29) is 18.0 Å². The second-order valence-electron chi connectivity index (χ2n) is 3.98. The minimum absolute atomic E-state index is 0.0248. The molecule has 2 aromatic rings. The molecule has 0 aliphatic carbocycles. The van der Waals surface area contributed by atoms with Crippen LogP contribution in [0.2, 0.25) is 0 Å². The quantitative estimate of drug-likeness (QED) is 0.801. The van der Waals surface area contributed by atoms with Crippen LogP contribution in [0.4, 0.5) is 8.78 Å². The van der Waals surface area contributed by atoms with Gasteiger partial charge in [-0.1, -0.05) is 0 Å². The van der Waals surface area contributed by atoms with E-state index in [1.165, 1.54) is 6.07 Å². The van der Waals surface area contributed by atoms with Crippen LogP contribution < -0.4 is 0 Å². The molecule has 0 radical (unpaired) electrons. The third-order valence-corrected chi connectivity index (χ3v) is 3.54. The third kappa shape index (κ3) is 2.58. The van der Waals surface area contributed by atoms with Gasteiger partial charge >= 0.3 is 5.97 Å². The Bertz CT molecular complexity index is 671. The average molecular weight is 345 g/mol. The molecular weight excluding hydrogens is 334 g/mol. The fraction of sp³-hybridized carbons (Fsp3) is 0.231. The molecule has 0 saturated heterocycles. The lowest BCUT2D eigenvalue weighted by atomic mass is 10.3. The zero-order chi connectivity index (χ0) is 14.9. The smallest absolute Gasteiger partial charge is 0.358 e. The monoisotopic (exact) mass is 344 g/mol. The maximum atomic E-state index is 13.8. The number of nitrogens with zero attached hydrogens (tertiary/aromatic N) is 2. The predicted molar refractivity (Wildman–Crippen MR) is 71.9 cm³/mol. The summed E-state index contributed by atoms with van der Waals surface area (Å²) in [5, 5.41) is 4.08. The number of esters is 1. The number of aromatic nitrogens is 2. The molecule has 0 saturated carbocycles. The largest absolute Gasteiger partial charge is 0.461 e. The lowest BCUT2D eigenvalue weighted by molar-refractivity contribution is 0.0514. The van der Waals surface area contributed by atoms with Gasteiger partial charge in [-0.05, 0) is 41.9 Å². The zero-order valence-electron chi connectivity index (χ0n) is 10.8. The highest BCUT2D eigenvalue weighted by atomic mass is 79.9. The van der Waals surface area contributed by atoms with Crippen molar-refractivity contribution in [2.45, 2.75) is 13.8 Å². The molecule has 106 valence electrons. The second-order valence-corrected chi connectivity index (χ2v) is 4.77. The zero-order valence-corrected chi connectivity index (χ0v) is 12.4. The van der Waals surface area contributed by atoms with Crippen molar-refractivity contribution in [3.05, 3.63) is 45.7 Å². The van der Waals surface area contributed by atoms with Gasteiger partial charge in [0.05, 0.1) is 16.8 Å². The van der Waals surface area contributed by atoms with E-state index < -0.39 is 17.6 Å². The normalized spacial score (nSPS) is 10.7. The molecule has 0 spiro atoms. The van der Waals surface area contributed by atoms with E-state index in [1.807, 2.05) is 0 Å². The van der Waals surface area contributed by atoms with Crippen molar-refractivity contribution in [1.29, 1.82) is 0 Å². The molecular formula is C13H11BrF2N2O2. The number of benzene rings is 1. The molecule has 7 heteroatoms. The van der Waals surface area contributed by atoms with Crippen molar-refractivity contribution in [3.63, 3.8) is 0 Å². The number of carbonyl (C=O) groups excluding carboxylic acids is 1. The van der Waals surface area contributed by atoms with E-state index in [0.29, 0.717) is 10.2 Å². The van der Waals surface area contributed by atoms with Gasteiger partial charge in [0.2, 0.25) is 0 Å². The number of carbonyl (C=O) groups is 1. The van der Waals surface area contributed by atoms with E-state index in [9.17, 15) is 13.6 Å².